The molecule has 0 aliphatic heterocycles. The maximum atomic E-state index is 11.9. The van der Waals surface area contributed by atoms with Crippen molar-refractivity contribution in [1.82, 2.24) is 0 Å². The third-order valence-corrected chi connectivity index (χ3v) is 3.56. The first-order valence-electron chi connectivity index (χ1n) is 5.73. The molecule has 0 aliphatic carbocycles. The molecule has 3 nitrogen and oxygen atoms in total. The summed E-state index contributed by atoms with van der Waals surface area (Å²) in [5, 5.41) is 2.85. The van der Waals surface area contributed by atoms with E-state index in [1.807, 2.05) is 25.1 Å². The summed E-state index contributed by atoms with van der Waals surface area (Å²) in [4.78, 5) is 11.9. The number of anilines is 1. The molecule has 0 aliphatic rings. The van der Waals surface area contributed by atoms with Gasteiger partial charge in [0.05, 0.1) is 11.7 Å². The van der Waals surface area contributed by atoms with Crippen molar-refractivity contribution in [2.75, 3.05) is 5.32 Å². The lowest BCUT2D eigenvalue weighted by atomic mass is 10.0. The van der Waals surface area contributed by atoms with Crippen LogP contribution in [0.2, 0.25) is 0 Å². The molecule has 0 unspecified atom stereocenters. The topological polar surface area (TPSA) is 55.1 Å². The first-order chi connectivity index (χ1) is 7.91. The van der Waals surface area contributed by atoms with Gasteiger partial charge >= 0.3 is 0 Å². The number of carbonyl (C=O) groups is 1. The van der Waals surface area contributed by atoms with Crippen LogP contribution in [0.1, 0.15) is 25.8 Å². The number of rotatable bonds is 4. The molecule has 0 bridgehead atoms. The third-order valence-electron chi connectivity index (χ3n) is 2.51. The predicted octanol–water partition coefficient (Wildman–Crippen LogP) is 3.07. The molecule has 0 saturated heterocycles. The zero-order valence-electron chi connectivity index (χ0n) is 10.5. The van der Waals surface area contributed by atoms with Crippen LogP contribution in [0, 0.1) is 12.8 Å². The van der Waals surface area contributed by atoms with Crippen molar-refractivity contribution in [3.05, 3.63) is 28.2 Å². The van der Waals surface area contributed by atoms with Gasteiger partial charge in [0.1, 0.15) is 0 Å². The predicted molar refractivity (Wildman–Crippen MR) is 74.9 cm³/mol. The van der Waals surface area contributed by atoms with Gasteiger partial charge in [0, 0.05) is 4.47 Å². The lowest BCUT2D eigenvalue weighted by molar-refractivity contribution is -0.117. The molecule has 1 aromatic carbocycles. The third kappa shape index (κ3) is 4.13. The molecule has 0 fully saturated rings. The Labute approximate surface area is 111 Å². The zero-order chi connectivity index (χ0) is 13.0. The lowest BCUT2D eigenvalue weighted by Crippen LogP contribution is -2.36. The molecule has 4 heteroatoms. The maximum absolute atomic E-state index is 11.9. The Morgan fingerprint density at radius 3 is 2.71 bits per heavy atom. The number of amides is 1. The largest absolute Gasteiger partial charge is 0.324 e. The second-order valence-electron chi connectivity index (χ2n) is 4.66. The highest BCUT2D eigenvalue weighted by molar-refractivity contribution is 9.10. The molecule has 1 amide bonds. The number of nitrogens with one attached hydrogen (secondary N) is 1. The van der Waals surface area contributed by atoms with E-state index < -0.39 is 6.04 Å². The highest BCUT2D eigenvalue weighted by Crippen LogP contribution is 2.25. The Hall–Kier alpha value is -0.870. The standard InChI is InChI=1S/C13H19BrN2O/c1-8(2)7-10(15)13(17)16-11-6-4-5-9(3)12(11)14/h4-6,8,10H,7,15H2,1-3H3,(H,16,17)/t10-/m0/s1. The second-order valence-corrected chi connectivity index (χ2v) is 5.45. The SMILES string of the molecule is Cc1cccc(NC(=O)[C@@H](N)CC(C)C)c1Br. The number of nitrogens with two attached hydrogens (primary N) is 1. The summed E-state index contributed by atoms with van der Waals surface area (Å²) >= 11 is 3.45. The van der Waals surface area contributed by atoms with Crippen LogP contribution in [0.25, 0.3) is 0 Å². The lowest BCUT2D eigenvalue weighted by Gasteiger charge is -2.15. The van der Waals surface area contributed by atoms with Crippen LogP contribution < -0.4 is 11.1 Å². The van der Waals surface area contributed by atoms with E-state index in [1.54, 1.807) is 0 Å². The van der Waals surface area contributed by atoms with Crippen LogP contribution in [-0.2, 0) is 4.79 Å². The molecule has 0 aromatic heterocycles. The van der Waals surface area contributed by atoms with E-state index in [0.29, 0.717) is 12.3 Å². The van der Waals surface area contributed by atoms with Gasteiger partial charge in [-0.1, -0.05) is 26.0 Å². The van der Waals surface area contributed by atoms with Crippen LogP contribution in [-0.4, -0.2) is 11.9 Å². The van der Waals surface area contributed by atoms with Crippen LogP contribution in [0.3, 0.4) is 0 Å². The van der Waals surface area contributed by atoms with Crippen LogP contribution in [0.15, 0.2) is 22.7 Å². The summed E-state index contributed by atoms with van der Waals surface area (Å²) in [6.07, 6.45) is 0.690. The van der Waals surface area contributed by atoms with Gasteiger partial charge in [0.15, 0.2) is 0 Å². The molecule has 0 radical (unpaired) electrons. The van der Waals surface area contributed by atoms with Gasteiger partial charge in [-0.25, -0.2) is 0 Å². The van der Waals surface area contributed by atoms with Crippen molar-refractivity contribution >= 4 is 27.5 Å². The molecule has 3 N–H and O–H groups in total. The summed E-state index contributed by atoms with van der Waals surface area (Å²) < 4.78 is 0.907. The highest BCUT2D eigenvalue weighted by atomic mass is 79.9. The van der Waals surface area contributed by atoms with E-state index in [4.69, 9.17) is 5.73 Å². The molecule has 0 spiro atoms. The highest BCUT2D eigenvalue weighted by Gasteiger charge is 2.16. The molecule has 94 valence electrons. The number of halogens is 1. The fourth-order valence-electron chi connectivity index (χ4n) is 1.58. The Bertz CT molecular complexity index is 404. The molecule has 1 aromatic rings. The summed E-state index contributed by atoms with van der Waals surface area (Å²) in [6, 6.07) is 5.29. The molecule has 0 heterocycles. The fraction of sp³-hybridized carbons (Fsp3) is 0.462. The van der Waals surface area contributed by atoms with Crippen molar-refractivity contribution in [1.29, 1.82) is 0 Å². The fourth-order valence-corrected chi connectivity index (χ4v) is 1.95. The van der Waals surface area contributed by atoms with Gasteiger partial charge in [0.2, 0.25) is 5.91 Å². The minimum Gasteiger partial charge on any atom is -0.324 e. The Kier molecular flexibility index (Phi) is 5.15. The molecule has 0 saturated carbocycles. The van der Waals surface area contributed by atoms with E-state index in [9.17, 15) is 4.79 Å². The zero-order valence-corrected chi connectivity index (χ0v) is 12.0. The van der Waals surface area contributed by atoms with Gasteiger partial charge in [0.25, 0.3) is 0 Å². The van der Waals surface area contributed by atoms with Crippen molar-refractivity contribution in [3.63, 3.8) is 0 Å². The summed E-state index contributed by atoms with van der Waals surface area (Å²) in [7, 11) is 0. The number of hydrogen-bond acceptors (Lipinski definition) is 2. The average Bonchev–Trinajstić information content (AvgIpc) is 2.23. The molecule has 1 rings (SSSR count). The number of aryl methyl sites for hydroxylation is 1. The Balaban J connectivity index is 2.71. The summed E-state index contributed by atoms with van der Waals surface area (Å²) in [6.45, 7) is 6.08. The average molecular weight is 299 g/mol. The summed E-state index contributed by atoms with van der Waals surface area (Å²) in [5.74, 6) is 0.279. The number of benzene rings is 1. The monoisotopic (exact) mass is 298 g/mol. The van der Waals surface area contributed by atoms with Gasteiger partial charge in [-0.15, -0.1) is 0 Å². The van der Waals surface area contributed by atoms with Crippen LogP contribution in [0.4, 0.5) is 5.69 Å². The van der Waals surface area contributed by atoms with Crippen LogP contribution in [0.5, 0.6) is 0 Å². The summed E-state index contributed by atoms with van der Waals surface area (Å²) in [5.41, 5.74) is 7.68. The van der Waals surface area contributed by atoms with Gasteiger partial charge in [-0.2, -0.15) is 0 Å². The van der Waals surface area contributed by atoms with E-state index in [1.165, 1.54) is 0 Å². The normalized spacial score (nSPS) is 12.6. The van der Waals surface area contributed by atoms with Crippen molar-refractivity contribution < 1.29 is 4.79 Å². The smallest absolute Gasteiger partial charge is 0.241 e. The number of hydrogen-bond donors (Lipinski definition) is 2. The molecule has 17 heavy (non-hydrogen) atoms. The van der Waals surface area contributed by atoms with E-state index >= 15 is 0 Å². The van der Waals surface area contributed by atoms with Gasteiger partial charge in [-0.05, 0) is 46.8 Å². The number of carbonyl (C=O) groups excluding carboxylic acids is 1. The Morgan fingerprint density at radius 1 is 1.47 bits per heavy atom. The minimum absolute atomic E-state index is 0.134. The Morgan fingerprint density at radius 2 is 2.12 bits per heavy atom. The van der Waals surface area contributed by atoms with E-state index in [2.05, 4.69) is 35.1 Å². The molecule has 1 atom stereocenters. The van der Waals surface area contributed by atoms with Crippen molar-refractivity contribution in [2.24, 2.45) is 11.7 Å². The first kappa shape index (κ1) is 14.2. The molecular formula is C13H19BrN2O. The van der Waals surface area contributed by atoms with Crippen LogP contribution >= 0.6 is 15.9 Å². The van der Waals surface area contributed by atoms with E-state index in [-0.39, 0.29) is 5.91 Å². The second kappa shape index (κ2) is 6.17. The van der Waals surface area contributed by atoms with Gasteiger partial charge < -0.3 is 11.1 Å². The quantitative estimate of drug-likeness (QED) is 0.897. The van der Waals surface area contributed by atoms with Crippen molar-refractivity contribution in [2.45, 2.75) is 33.2 Å². The van der Waals surface area contributed by atoms with E-state index in [0.717, 1.165) is 15.7 Å². The molecular weight excluding hydrogens is 280 g/mol. The maximum Gasteiger partial charge on any atom is 0.241 e. The van der Waals surface area contributed by atoms with Gasteiger partial charge in [-0.3, -0.25) is 4.79 Å². The van der Waals surface area contributed by atoms with Crippen molar-refractivity contribution in [3.8, 4) is 0 Å². The minimum atomic E-state index is -0.456. The first-order valence-corrected chi connectivity index (χ1v) is 6.52.